The highest BCUT2D eigenvalue weighted by molar-refractivity contribution is 5.98. The molecule has 0 bridgehead atoms. The number of primary amides is 1. The van der Waals surface area contributed by atoms with Gasteiger partial charge in [-0.25, -0.2) is 4.98 Å². The van der Waals surface area contributed by atoms with Gasteiger partial charge in [-0.3, -0.25) is 9.59 Å². The molecule has 0 spiro atoms. The van der Waals surface area contributed by atoms with Crippen molar-refractivity contribution in [2.75, 3.05) is 32.6 Å². The molecule has 0 atom stereocenters. The summed E-state index contributed by atoms with van der Waals surface area (Å²) in [4.78, 5) is 28.7. The highest BCUT2D eigenvalue weighted by Crippen LogP contribution is 2.30. The van der Waals surface area contributed by atoms with Gasteiger partial charge in [0.25, 0.3) is 5.91 Å². The number of nitrogens with two attached hydrogens (primary N) is 1. The van der Waals surface area contributed by atoms with E-state index in [2.05, 4.69) is 4.98 Å². The fraction of sp³-hybridized carbons (Fsp3) is 0.417. The molecule has 0 fully saturated rings. The van der Waals surface area contributed by atoms with Gasteiger partial charge >= 0.3 is 6.18 Å². The highest BCUT2D eigenvalue weighted by atomic mass is 19.4. The summed E-state index contributed by atoms with van der Waals surface area (Å²) < 4.78 is 38.0. The summed E-state index contributed by atoms with van der Waals surface area (Å²) in [6.07, 6.45) is -4.66. The largest absolute Gasteiger partial charge is 0.433 e. The summed E-state index contributed by atoms with van der Waals surface area (Å²) in [7, 11) is 4.37. The zero-order valence-corrected chi connectivity index (χ0v) is 11.7. The van der Waals surface area contributed by atoms with E-state index in [9.17, 15) is 22.8 Å². The zero-order chi connectivity index (χ0) is 16.4. The highest BCUT2D eigenvalue weighted by Gasteiger charge is 2.34. The van der Waals surface area contributed by atoms with Gasteiger partial charge in [-0.15, -0.1) is 0 Å². The van der Waals surface area contributed by atoms with E-state index in [1.165, 1.54) is 26.0 Å². The number of anilines is 1. The second kappa shape index (κ2) is 5.98. The summed E-state index contributed by atoms with van der Waals surface area (Å²) >= 11 is 0. The van der Waals surface area contributed by atoms with E-state index in [0.717, 1.165) is 11.0 Å². The number of carbonyl (C=O) groups is 2. The normalized spacial score (nSPS) is 11.1. The third-order valence-corrected chi connectivity index (χ3v) is 2.66. The van der Waals surface area contributed by atoms with Gasteiger partial charge in [-0.05, 0) is 12.1 Å². The number of likely N-dealkylation sites (N-methyl/N-ethyl adjacent to an activating group) is 2. The van der Waals surface area contributed by atoms with Crippen molar-refractivity contribution < 1.29 is 22.8 Å². The van der Waals surface area contributed by atoms with Crippen molar-refractivity contribution in [2.45, 2.75) is 6.18 Å². The summed E-state index contributed by atoms with van der Waals surface area (Å²) in [5.74, 6) is -1.56. The number of halogens is 3. The minimum atomic E-state index is -4.66. The van der Waals surface area contributed by atoms with Gasteiger partial charge < -0.3 is 15.5 Å². The monoisotopic (exact) mass is 304 g/mol. The molecule has 1 aromatic heterocycles. The quantitative estimate of drug-likeness (QED) is 0.889. The first-order chi connectivity index (χ1) is 9.54. The fourth-order valence-electron chi connectivity index (χ4n) is 1.51. The van der Waals surface area contributed by atoms with Crippen LogP contribution in [0.5, 0.6) is 0 Å². The molecule has 6 nitrogen and oxygen atoms in total. The number of nitrogens with zero attached hydrogens (tertiary/aromatic N) is 3. The molecule has 21 heavy (non-hydrogen) atoms. The summed E-state index contributed by atoms with van der Waals surface area (Å²) in [5, 5.41) is 0. The third-order valence-electron chi connectivity index (χ3n) is 2.66. The van der Waals surface area contributed by atoms with Crippen LogP contribution in [0.3, 0.4) is 0 Å². The van der Waals surface area contributed by atoms with E-state index in [4.69, 9.17) is 5.73 Å². The molecule has 0 unspecified atom stereocenters. The van der Waals surface area contributed by atoms with E-state index < -0.39 is 17.8 Å². The average molecular weight is 304 g/mol. The predicted octanol–water partition coefficient (Wildman–Crippen LogP) is 0.724. The molecule has 1 heterocycles. The van der Waals surface area contributed by atoms with Crippen LogP contribution >= 0.6 is 0 Å². The van der Waals surface area contributed by atoms with E-state index in [-0.39, 0.29) is 23.8 Å². The molecule has 2 N–H and O–H groups in total. The minimum absolute atomic E-state index is 0.183. The van der Waals surface area contributed by atoms with Crippen molar-refractivity contribution in [1.29, 1.82) is 0 Å². The molecule has 0 radical (unpaired) electrons. The van der Waals surface area contributed by atoms with E-state index in [0.29, 0.717) is 6.07 Å². The van der Waals surface area contributed by atoms with Crippen LogP contribution in [0.4, 0.5) is 19.0 Å². The molecule has 9 heteroatoms. The fourth-order valence-corrected chi connectivity index (χ4v) is 1.51. The maximum absolute atomic E-state index is 12.7. The van der Waals surface area contributed by atoms with Crippen molar-refractivity contribution in [3.63, 3.8) is 0 Å². The Morgan fingerprint density at radius 3 is 2.24 bits per heavy atom. The number of carbonyl (C=O) groups excluding carboxylic acids is 2. The standard InChI is InChI=1S/C12H15F3N4O2/c1-18(2)9(20)6-19(3)11-7(10(16)21)4-5-8(17-11)12(13,14)15/h4-5H,6H2,1-3H3,(H2,16,21). The van der Waals surface area contributed by atoms with Gasteiger partial charge in [0.15, 0.2) is 0 Å². The maximum Gasteiger partial charge on any atom is 0.433 e. The molecule has 1 rings (SSSR count). The number of aromatic nitrogens is 1. The number of alkyl halides is 3. The van der Waals surface area contributed by atoms with E-state index in [1.807, 2.05) is 0 Å². The SMILES string of the molecule is CN(C)C(=O)CN(C)c1nc(C(F)(F)F)ccc1C(N)=O. The Morgan fingerprint density at radius 1 is 1.24 bits per heavy atom. The molecule has 0 aliphatic heterocycles. The third kappa shape index (κ3) is 4.07. The van der Waals surface area contributed by atoms with Crippen molar-refractivity contribution in [3.8, 4) is 0 Å². The average Bonchev–Trinajstić information content (AvgIpc) is 2.36. The summed E-state index contributed by atoms with van der Waals surface area (Å²) in [6, 6.07) is 1.62. The van der Waals surface area contributed by atoms with Crippen LogP contribution in [-0.4, -0.2) is 49.4 Å². The minimum Gasteiger partial charge on any atom is -0.365 e. The van der Waals surface area contributed by atoms with E-state index in [1.54, 1.807) is 0 Å². The molecule has 0 aliphatic rings. The molecule has 0 saturated carbocycles. The summed E-state index contributed by atoms with van der Waals surface area (Å²) in [6.45, 7) is -0.235. The smallest absolute Gasteiger partial charge is 0.365 e. The topological polar surface area (TPSA) is 79.5 Å². The van der Waals surface area contributed by atoms with Crippen molar-refractivity contribution in [3.05, 3.63) is 23.4 Å². The van der Waals surface area contributed by atoms with Gasteiger partial charge in [0.1, 0.15) is 11.5 Å². The Hall–Kier alpha value is -2.32. The van der Waals surface area contributed by atoms with Crippen LogP contribution in [0.15, 0.2) is 12.1 Å². The van der Waals surface area contributed by atoms with Crippen LogP contribution in [-0.2, 0) is 11.0 Å². The van der Waals surface area contributed by atoms with E-state index >= 15 is 0 Å². The lowest BCUT2D eigenvalue weighted by Gasteiger charge is -2.22. The maximum atomic E-state index is 12.7. The Bertz CT molecular complexity index is 558. The summed E-state index contributed by atoms with van der Waals surface area (Å²) in [5.41, 5.74) is 3.78. The Morgan fingerprint density at radius 2 is 1.81 bits per heavy atom. The molecule has 0 saturated heterocycles. The van der Waals surface area contributed by atoms with Gasteiger partial charge in [0, 0.05) is 21.1 Å². The first-order valence-electron chi connectivity index (χ1n) is 5.83. The molecular formula is C12H15F3N4O2. The van der Waals surface area contributed by atoms with Crippen LogP contribution in [0.1, 0.15) is 16.1 Å². The zero-order valence-electron chi connectivity index (χ0n) is 11.7. The van der Waals surface area contributed by atoms with Gasteiger partial charge in [0.2, 0.25) is 5.91 Å². The van der Waals surface area contributed by atoms with Gasteiger partial charge in [-0.1, -0.05) is 0 Å². The number of rotatable bonds is 4. The molecule has 116 valence electrons. The molecule has 1 aromatic rings. The van der Waals surface area contributed by atoms with Crippen molar-refractivity contribution in [2.24, 2.45) is 5.73 Å². The first kappa shape index (κ1) is 16.7. The lowest BCUT2D eigenvalue weighted by atomic mass is 10.2. The Kier molecular flexibility index (Phi) is 4.77. The molecular weight excluding hydrogens is 289 g/mol. The van der Waals surface area contributed by atoms with Crippen LogP contribution in [0.2, 0.25) is 0 Å². The first-order valence-corrected chi connectivity index (χ1v) is 5.83. The predicted molar refractivity (Wildman–Crippen MR) is 69.7 cm³/mol. The Labute approximate surface area is 119 Å². The number of hydrogen-bond donors (Lipinski definition) is 1. The van der Waals surface area contributed by atoms with Gasteiger partial charge in [-0.2, -0.15) is 13.2 Å². The molecule has 2 amide bonds. The molecule has 0 aromatic carbocycles. The number of pyridine rings is 1. The molecule has 0 aliphatic carbocycles. The van der Waals surface area contributed by atoms with Crippen LogP contribution in [0, 0.1) is 0 Å². The lowest BCUT2D eigenvalue weighted by Crippen LogP contribution is -2.36. The van der Waals surface area contributed by atoms with Crippen LogP contribution in [0.25, 0.3) is 0 Å². The number of amides is 2. The lowest BCUT2D eigenvalue weighted by molar-refractivity contribution is -0.141. The van der Waals surface area contributed by atoms with Crippen LogP contribution < -0.4 is 10.6 Å². The number of hydrogen-bond acceptors (Lipinski definition) is 4. The second-order valence-corrected chi connectivity index (χ2v) is 4.57. The van der Waals surface area contributed by atoms with Crippen molar-refractivity contribution in [1.82, 2.24) is 9.88 Å². The second-order valence-electron chi connectivity index (χ2n) is 4.57. The van der Waals surface area contributed by atoms with Gasteiger partial charge in [0.05, 0.1) is 12.1 Å². The Balaban J connectivity index is 3.23. The van der Waals surface area contributed by atoms with Crippen molar-refractivity contribution >= 4 is 17.6 Å².